The summed E-state index contributed by atoms with van der Waals surface area (Å²) < 4.78 is 6.24. The maximum Gasteiger partial charge on any atom is 0.236 e. The molecule has 5 rings (SSSR count). The molecule has 1 aromatic carbocycles. The van der Waals surface area contributed by atoms with Gasteiger partial charge in [-0.05, 0) is 62.1 Å². The van der Waals surface area contributed by atoms with E-state index in [1.54, 1.807) is 0 Å². The zero-order valence-electron chi connectivity index (χ0n) is 20.2. The lowest BCUT2D eigenvalue weighted by molar-refractivity contribution is -0.133. The number of fused-ring (bicyclic) bond motifs is 3. The Hall–Kier alpha value is -2.32. The Morgan fingerprint density at radius 2 is 1.88 bits per heavy atom. The molecule has 3 N–H and O–H groups in total. The van der Waals surface area contributed by atoms with Crippen LogP contribution in [0.15, 0.2) is 18.2 Å². The number of nitrogens with zero attached hydrogens (tertiary/aromatic N) is 2. The van der Waals surface area contributed by atoms with Gasteiger partial charge in [-0.25, -0.2) is 0 Å². The van der Waals surface area contributed by atoms with E-state index in [2.05, 4.69) is 39.0 Å². The number of rotatable bonds is 4. The highest BCUT2D eigenvalue weighted by molar-refractivity contribution is 5.79. The van der Waals surface area contributed by atoms with Crippen LogP contribution < -0.4 is 25.6 Å². The summed E-state index contributed by atoms with van der Waals surface area (Å²) >= 11 is 0. The molecule has 2 bridgehead atoms. The zero-order chi connectivity index (χ0) is 23.3. The van der Waals surface area contributed by atoms with Crippen molar-refractivity contribution in [2.45, 2.75) is 51.1 Å². The predicted octanol–water partition coefficient (Wildman–Crippen LogP) is 1.49. The molecule has 3 aliphatic heterocycles. The van der Waals surface area contributed by atoms with E-state index in [0.29, 0.717) is 44.0 Å². The highest BCUT2D eigenvalue weighted by Crippen LogP contribution is 2.32. The van der Waals surface area contributed by atoms with E-state index < -0.39 is 0 Å². The summed E-state index contributed by atoms with van der Waals surface area (Å²) in [7, 11) is 0. The van der Waals surface area contributed by atoms with Gasteiger partial charge in [0.1, 0.15) is 5.75 Å². The smallest absolute Gasteiger partial charge is 0.236 e. The van der Waals surface area contributed by atoms with Gasteiger partial charge in [0.15, 0.2) is 0 Å². The van der Waals surface area contributed by atoms with E-state index in [1.165, 1.54) is 5.69 Å². The number of ether oxygens (including phenoxy) is 1. The molecule has 1 aliphatic carbocycles. The fraction of sp³-hybridized carbons (Fsp3) is 0.692. The van der Waals surface area contributed by atoms with Gasteiger partial charge in [-0.15, -0.1) is 0 Å². The lowest BCUT2D eigenvalue weighted by Crippen LogP contribution is -2.47. The first-order valence-electron chi connectivity index (χ1n) is 13.1. The average Bonchev–Trinajstić information content (AvgIpc) is 3.67. The van der Waals surface area contributed by atoms with Crippen molar-refractivity contribution in [2.75, 3.05) is 57.3 Å². The molecule has 1 saturated carbocycles. The molecule has 3 fully saturated rings. The third-order valence-corrected chi connectivity index (χ3v) is 7.73. The molecule has 0 spiro atoms. The monoisotopic (exact) mass is 469 g/mol. The van der Waals surface area contributed by atoms with E-state index in [4.69, 9.17) is 4.74 Å². The van der Waals surface area contributed by atoms with Crippen molar-refractivity contribution < 1.29 is 14.3 Å². The molecule has 8 heteroatoms. The number of piperazine rings is 1. The van der Waals surface area contributed by atoms with Crippen molar-refractivity contribution in [2.24, 2.45) is 11.8 Å². The van der Waals surface area contributed by atoms with Crippen LogP contribution in [0.3, 0.4) is 0 Å². The van der Waals surface area contributed by atoms with Gasteiger partial charge in [-0.2, -0.15) is 0 Å². The Morgan fingerprint density at radius 1 is 1.03 bits per heavy atom. The van der Waals surface area contributed by atoms with Crippen LogP contribution in [0.4, 0.5) is 5.69 Å². The second-order valence-electron chi connectivity index (χ2n) is 10.3. The molecular formula is C26H39N5O3. The molecule has 1 aromatic rings. The minimum absolute atomic E-state index is 0.158. The van der Waals surface area contributed by atoms with E-state index in [9.17, 15) is 9.59 Å². The van der Waals surface area contributed by atoms with Crippen LogP contribution in [-0.4, -0.2) is 75.2 Å². The van der Waals surface area contributed by atoms with Gasteiger partial charge in [0.2, 0.25) is 11.8 Å². The van der Waals surface area contributed by atoms with Gasteiger partial charge >= 0.3 is 0 Å². The highest BCUT2D eigenvalue weighted by atomic mass is 16.5. The fourth-order valence-corrected chi connectivity index (χ4v) is 5.56. The van der Waals surface area contributed by atoms with Crippen molar-refractivity contribution >= 4 is 17.5 Å². The summed E-state index contributed by atoms with van der Waals surface area (Å²) in [4.78, 5) is 29.8. The van der Waals surface area contributed by atoms with Crippen molar-refractivity contribution in [3.05, 3.63) is 23.8 Å². The van der Waals surface area contributed by atoms with Gasteiger partial charge in [0.25, 0.3) is 0 Å². The minimum Gasteiger partial charge on any atom is -0.493 e. The maximum atomic E-state index is 13.0. The maximum absolute atomic E-state index is 13.0. The SMILES string of the molecule is O=C(C[C@@H]1CCN2C[C@@H]1CCCOc1ccc(N3CCNCC3)cc1CNCC2=O)NC1CC1. The molecule has 0 aromatic heterocycles. The Kier molecular flexibility index (Phi) is 7.54. The van der Waals surface area contributed by atoms with Crippen LogP contribution in [0, 0.1) is 11.8 Å². The molecule has 2 amide bonds. The predicted molar refractivity (Wildman–Crippen MR) is 132 cm³/mol. The van der Waals surface area contributed by atoms with Crippen molar-refractivity contribution in [1.29, 1.82) is 0 Å². The number of anilines is 1. The fourth-order valence-electron chi connectivity index (χ4n) is 5.56. The third-order valence-electron chi connectivity index (χ3n) is 7.73. The number of amides is 2. The topological polar surface area (TPSA) is 85.9 Å². The molecule has 0 unspecified atom stereocenters. The van der Waals surface area contributed by atoms with Gasteiger partial charge in [-0.3, -0.25) is 9.59 Å². The second-order valence-corrected chi connectivity index (χ2v) is 10.3. The Morgan fingerprint density at radius 3 is 2.71 bits per heavy atom. The van der Waals surface area contributed by atoms with Crippen molar-refractivity contribution in [1.82, 2.24) is 20.9 Å². The van der Waals surface area contributed by atoms with E-state index >= 15 is 0 Å². The summed E-state index contributed by atoms with van der Waals surface area (Å²) in [6.45, 7) is 7.11. The van der Waals surface area contributed by atoms with Crippen LogP contribution in [0.5, 0.6) is 5.75 Å². The number of hydrogen-bond donors (Lipinski definition) is 3. The minimum atomic E-state index is 0.158. The third kappa shape index (κ3) is 6.02. The first-order valence-corrected chi connectivity index (χ1v) is 13.1. The number of piperidine rings is 1. The Bertz CT molecular complexity index is 868. The largest absolute Gasteiger partial charge is 0.493 e. The molecule has 186 valence electrons. The van der Waals surface area contributed by atoms with Gasteiger partial charge < -0.3 is 30.5 Å². The summed E-state index contributed by atoms with van der Waals surface area (Å²) in [5.41, 5.74) is 2.32. The van der Waals surface area contributed by atoms with Gasteiger partial charge in [0, 0.05) is 69.5 Å². The summed E-state index contributed by atoms with van der Waals surface area (Å²) in [5.74, 6) is 1.94. The van der Waals surface area contributed by atoms with Gasteiger partial charge in [0.05, 0.1) is 13.2 Å². The van der Waals surface area contributed by atoms with Crippen LogP contribution in [0.1, 0.15) is 44.1 Å². The summed E-state index contributed by atoms with van der Waals surface area (Å²) in [5, 5.41) is 9.91. The standard InChI is InChI=1S/C26H39N5O3/c32-25(29-22-3-4-22)15-19-7-10-31-18-20(19)2-1-13-34-24-6-5-23(30-11-8-27-9-12-30)14-21(24)16-28-17-26(31)33/h5-6,14,19-20,22,27-28H,1-4,7-13,15-18H2,(H,29,32)/t19-,20-/m0/s1. The molecule has 34 heavy (non-hydrogen) atoms. The molecule has 3 heterocycles. The quantitative estimate of drug-likeness (QED) is 0.620. The normalized spacial score (nSPS) is 26.4. The van der Waals surface area contributed by atoms with Crippen molar-refractivity contribution in [3.8, 4) is 5.75 Å². The van der Waals surface area contributed by atoms with E-state index in [1.807, 2.05) is 4.90 Å². The Labute approximate surface area is 202 Å². The Balaban J connectivity index is 1.25. The van der Waals surface area contributed by atoms with Crippen LogP contribution in [-0.2, 0) is 16.1 Å². The number of carbonyl (C=O) groups is 2. The number of hydrogen-bond acceptors (Lipinski definition) is 6. The lowest BCUT2D eigenvalue weighted by atomic mass is 9.80. The zero-order valence-corrected chi connectivity index (χ0v) is 20.2. The first-order chi connectivity index (χ1) is 16.7. The molecule has 0 radical (unpaired) electrons. The summed E-state index contributed by atoms with van der Waals surface area (Å²) in [6.07, 6.45) is 5.63. The molecule has 4 aliphatic rings. The van der Waals surface area contributed by atoms with E-state index in [-0.39, 0.29) is 11.8 Å². The lowest BCUT2D eigenvalue weighted by Gasteiger charge is -2.38. The van der Waals surface area contributed by atoms with Crippen molar-refractivity contribution in [3.63, 3.8) is 0 Å². The second kappa shape index (κ2) is 11.0. The molecular weight excluding hydrogens is 430 g/mol. The highest BCUT2D eigenvalue weighted by Gasteiger charge is 2.33. The van der Waals surface area contributed by atoms with Gasteiger partial charge in [-0.1, -0.05) is 0 Å². The first kappa shape index (κ1) is 23.4. The molecule has 2 saturated heterocycles. The average molecular weight is 470 g/mol. The number of carbonyl (C=O) groups excluding carboxylic acids is 2. The van der Waals surface area contributed by atoms with Crippen LogP contribution in [0.2, 0.25) is 0 Å². The molecule has 2 atom stereocenters. The van der Waals surface area contributed by atoms with E-state index in [0.717, 1.165) is 82.7 Å². The number of nitrogens with one attached hydrogen (secondary N) is 3. The van der Waals surface area contributed by atoms with Crippen LogP contribution in [0.25, 0.3) is 0 Å². The summed E-state index contributed by atoms with van der Waals surface area (Å²) in [6, 6.07) is 6.86. The number of benzene rings is 1. The molecule has 8 nitrogen and oxygen atoms in total. The van der Waals surface area contributed by atoms with Crippen LogP contribution >= 0.6 is 0 Å².